The minimum Gasteiger partial charge on any atom is -0.313 e. The van der Waals surface area contributed by atoms with E-state index in [2.05, 4.69) is 5.32 Å². The first-order chi connectivity index (χ1) is 9.04. The second-order valence-corrected chi connectivity index (χ2v) is 7.01. The van der Waals surface area contributed by atoms with E-state index in [4.69, 9.17) is 0 Å². The van der Waals surface area contributed by atoms with Gasteiger partial charge in [-0.15, -0.1) is 0 Å². The lowest BCUT2D eigenvalue weighted by Crippen LogP contribution is -2.47. The molecule has 0 spiro atoms. The molecule has 0 aromatic heterocycles. The summed E-state index contributed by atoms with van der Waals surface area (Å²) in [4.78, 5) is 0.398. The molecule has 0 saturated carbocycles. The van der Waals surface area contributed by atoms with Crippen molar-refractivity contribution in [1.82, 2.24) is 9.62 Å². The van der Waals surface area contributed by atoms with Gasteiger partial charge in [-0.1, -0.05) is 24.6 Å². The molecule has 0 aliphatic carbocycles. The molecule has 0 radical (unpaired) electrons. The van der Waals surface area contributed by atoms with Gasteiger partial charge in [-0.3, -0.25) is 0 Å². The second-order valence-electron chi connectivity index (χ2n) is 5.07. The zero-order chi connectivity index (χ0) is 13.9. The molecule has 1 aliphatic heterocycles. The Labute approximate surface area is 115 Å². The minimum absolute atomic E-state index is 0.277. The van der Waals surface area contributed by atoms with Crippen LogP contribution in [0.3, 0.4) is 0 Å². The molecule has 5 heteroatoms. The van der Waals surface area contributed by atoms with Gasteiger partial charge in [0, 0.05) is 19.1 Å². The van der Waals surface area contributed by atoms with E-state index in [1.807, 2.05) is 26.0 Å². The van der Waals surface area contributed by atoms with Crippen molar-refractivity contribution in [1.29, 1.82) is 0 Å². The molecule has 4 nitrogen and oxygen atoms in total. The number of hydrogen-bond acceptors (Lipinski definition) is 3. The maximum absolute atomic E-state index is 12.5. The number of sulfonamides is 1. The Bertz CT molecular complexity index is 509. The lowest BCUT2D eigenvalue weighted by Gasteiger charge is -2.32. The fourth-order valence-electron chi connectivity index (χ4n) is 2.48. The van der Waals surface area contributed by atoms with Crippen molar-refractivity contribution in [2.24, 2.45) is 0 Å². The Hall–Kier alpha value is -0.910. The predicted molar refractivity (Wildman–Crippen MR) is 76.6 cm³/mol. The predicted octanol–water partition coefficient (Wildman–Crippen LogP) is 1.76. The average molecular weight is 282 g/mol. The zero-order valence-electron chi connectivity index (χ0n) is 11.6. The Balaban J connectivity index is 2.17. The smallest absolute Gasteiger partial charge is 0.243 e. The molecule has 106 valence electrons. The van der Waals surface area contributed by atoms with Crippen LogP contribution in [0.25, 0.3) is 0 Å². The van der Waals surface area contributed by atoms with Crippen LogP contribution >= 0.6 is 0 Å². The van der Waals surface area contributed by atoms with Gasteiger partial charge in [0.2, 0.25) is 10.0 Å². The molecule has 1 N–H and O–H groups in total. The van der Waals surface area contributed by atoms with Crippen LogP contribution in [0.5, 0.6) is 0 Å². The molecule has 0 bridgehead atoms. The number of nitrogens with one attached hydrogen (secondary N) is 1. The third kappa shape index (κ3) is 3.35. The molecule has 1 saturated heterocycles. The summed E-state index contributed by atoms with van der Waals surface area (Å²) in [6.45, 7) is 6.08. The van der Waals surface area contributed by atoms with Crippen molar-refractivity contribution in [3.05, 3.63) is 29.8 Å². The fourth-order valence-corrected chi connectivity index (χ4v) is 4.00. The first-order valence-electron chi connectivity index (χ1n) is 6.84. The molecule has 1 aromatic rings. The normalized spacial score (nSPS) is 21.5. The summed E-state index contributed by atoms with van der Waals surface area (Å²) < 4.78 is 26.7. The van der Waals surface area contributed by atoms with Crippen LogP contribution in [0, 0.1) is 6.92 Å². The molecule has 1 heterocycles. The number of likely N-dealkylation sites (N-methyl/N-ethyl adjacent to an activating group) is 1. The minimum atomic E-state index is -3.34. The van der Waals surface area contributed by atoms with Crippen LogP contribution in [-0.4, -0.2) is 38.4 Å². The van der Waals surface area contributed by atoms with Gasteiger partial charge in [-0.25, -0.2) is 8.42 Å². The highest BCUT2D eigenvalue weighted by Crippen LogP contribution is 2.21. The largest absolute Gasteiger partial charge is 0.313 e. The van der Waals surface area contributed by atoms with Crippen LogP contribution in [-0.2, 0) is 10.0 Å². The summed E-state index contributed by atoms with van der Waals surface area (Å²) in [7, 11) is -3.34. The molecule has 1 aromatic carbocycles. The van der Waals surface area contributed by atoms with Gasteiger partial charge in [0.1, 0.15) is 0 Å². The maximum Gasteiger partial charge on any atom is 0.243 e. The number of piperidine rings is 1. The van der Waals surface area contributed by atoms with Gasteiger partial charge in [0.05, 0.1) is 4.90 Å². The van der Waals surface area contributed by atoms with Crippen LogP contribution < -0.4 is 5.32 Å². The van der Waals surface area contributed by atoms with Crippen molar-refractivity contribution in [2.75, 3.05) is 19.6 Å². The van der Waals surface area contributed by atoms with E-state index >= 15 is 0 Å². The number of nitrogens with zero attached hydrogens (tertiary/aromatic N) is 1. The summed E-state index contributed by atoms with van der Waals surface area (Å²) in [5.74, 6) is 0. The highest BCUT2D eigenvalue weighted by molar-refractivity contribution is 7.89. The summed E-state index contributed by atoms with van der Waals surface area (Å²) in [5, 5.41) is 3.34. The molecule has 1 atom stereocenters. The third-order valence-electron chi connectivity index (χ3n) is 3.54. The molecule has 1 fully saturated rings. The first kappa shape index (κ1) is 14.5. The Morgan fingerprint density at radius 2 is 2.00 bits per heavy atom. The topological polar surface area (TPSA) is 49.4 Å². The number of benzene rings is 1. The molecule has 1 aliphatic rings. The summed E-state index contributed by atoms with van der Waals surface area (Å²) in [6.07, 6.45) is 1.97. The number of hydrogen-bond donors (Lipinski definition) is 1. The van der Waals surface area contributed by atoms with Crippen molar-refractivity contribution in [2.45, 2.75) is 37.6 Å². The van der Waals surface area contributed by atoms with E-state index in [9.17, 15) is 8.42 Å². The molecule has 2 rings (SSSR count). The molecule has 0 amide bonds. The van der Waals surface area contributed by atoms with E-state index in [-0.39, 0.29) is 6.04 Å². The third-order valence-corrected chi connectivity index (χ3v) is 5.42. The van der Waals surface area contributed by atoms with Crippen molar-refractivity contribution in [3.63, 3.8) is 0 Å². The highest BCUT2D eigenvalue weighted by atomic mass is 32.2. The monoisotopic (exact) mass is 282 g/mol. The summed E-state index contributed by atoms with van der Waals surface area (Å²) in [5.41, 5.74) is 1.07. The van der Waals surface area contributed by atoms with E-state index in [1.165, 1.54) is 0 Å². The standard InChI is InChI=1S/C14H22N2O2S/c1-3-15-13-5-4-10-16(11-13)19(17,18)14-8-6-12(2)7-9-14/h6-9,13,15H,3-5,10-11H2,1-2H3. The van der Waals surface area contributed by atoms with Crippen molar-refractivity contribution in [3.8, 4) is 0 Å². The molecule has 19 heavy (non-hydrogen) atoms. The van der Waals surface area contributed by atoms with Gasteiger partial charge in [0.15, 0.2) is 0 Å². The van der Waals surface area contributed by atoms with Crippen LogP contribution in [0.4, 0.5) is 0 Å². The lowest BCUT2D eigenvalue weighted by molar-refractivity contribution is 0.286. The van der Waals surface area contributed by atoms with E-state index < -0.39 is 10.0 Å². The van der Waals surface area contributed by atoms with Crippen LogP contribution in [0.2, 0.25) is 0 Å². The van der Waals surface area contributed by atoms with Gasteiger partial charge < -0.3 is 5.32 Å². The molecular formula is C14H22N2O2S. The Morgan fingerprint density at radius 3 is 2.63 bits per heavy atom. The van der Waals surface area contributed by atoms with Gasteiger partial charge in [0.25, 0.3) is 0 Å². The van der Waals surface area contributed by atoms with Gasteiger partial charge in [-0.05, 0) is 38.4 Å². The lowest BCUT2D eigenvalue weighted by atomic mass is 10.1. The van der Waals surface area contributed by atoms with Crippen LogP contribution in [0.1, 0.15) is 25.3 Å². The molecule has 1 unspecified atom stereocenters. The SMILES string of the molecule is CCNC1CCCN(S(=O)(=O)c2ccc(C)cc2)C1. The van der Waals surface area contributed by atoms with E-state index in [1.54, 1.807) is 16.4 Å². The number of aryl methyl sites for hydroxylation is 1. The maximum atomic E-state index is 12.5. The van der Waals surface area contributed by atoms with E-state index in [0.717, 1.165) is 24.9 Å². The second kappa shape index (κ2) is 6.03. The van der Waals surface area contributed by atoms with Gasteiger partial charge >= 0.3 is 0 Å². The Morgan fingerprint density at radius 1 is 1.32 bits per heavy atom. The fraction of sp³-hybridized carbons (Fsp3) is 0.571. The quantitative estimate of drug-likeness (QED) is 0.915. The summed E-state index contributed by atoms with van der Waals surface area (Å²) in [6, 6.07) is 7.36. The molecular weight excluding hydrogens is 260 g/mol. The van der Waals surface area contributed by atoms with Gasteiger partial charge in [-0.2, -0.15) is 4.31 Å². The number of rotatable bonds is 4. The van der Waals surface area contributed by atoms with E-state index in [0.29, 0.717) is 18.0 Å². The average Bonchev–Trinajstić information content (AvgIpc) is 2.40. The first-order valence-corrected chi connectivity index (χ1v) is 8.28. The highest BCUT2D eigenvalue weighted by Gasteiger charge is 2.29. The zero-order valence-corrected chi connectivity index (χ0v) is 12.4. The van der Waals surface area contributed by atoms with Crippen LogP contribution in [0.15, 0.2) is 29.2 Å². The Kier molecular flexibility index (Phi) is 4.60. The van der Waals surface area contributed by atoms with Crippen molar-refractivity contribution >= 4 is 10.0 Å². The summed E-state index contributed by atoms with van der Waals surface area (Å²) >= 11 is 0. The van der Waals surface area contributed by atoms with Crippen molar-refractivity contribution < 1.29 is 8.42 Å².